The average Bonchev–Trinajstić information content (AvgIpc) is 3.07. The van der Waals surface area contributed by atoms with E-state index in [2.05, 4.69) is 33.9 Å². The van der Waals surface area contributed by atoms with Crippen LogP contribution in [0, 0.1) is 16.7 Å². The number of aromatic nitrogens is 2. The van der Waals surface area contributed by atoms with Gasteiger partial charge in [0.25, 0.3) is 0 Å². The molecule has 1 aromatic heterocycles. The van der Waals surface area contributed by atoms with Gasteiger partial charge < -0.3 is 14.9 Å². The monoisotopic (exact) mass is 513 g/mol. The maximum atomic E-state index is 13.1. The molecule has 35 heavy (non-hydrogen) atoms. The van der Waals surface area contributed by atoms with Gasteiger partial charge in [0.2, 0.25) is 0 Å². The first kappa shape index (κ1) is 24.0. The number of piperazine rings is 1. The van der Waals surface area contributed by atoms with Crippen molar-refractivity contribution in [3.63, 3.8) is 0 Å². The van der Waals surface area contributed by atoms with Crippen LogP contribution in [0.5, 0.6) is 0 Å². The Kier molecular flexibility index (Phi) is 6.22. The number of hydrogen-bond donors (Lipinski definition) is 1. The molecule has 0 bridgehead atoms. The highest BCUT2D eigenvalue weighted by molar-refractivity contribution is 7.85. The summed E-state index contributed by atoms with van der Waals surface area (Å²) in [6.45, 7) is 3.32. The van der Waals surface area contributed by atoms with Gasteiger partial charge in [0.15, 0.2) is 0 Å². The van der Waals surface area contributed by atoms with Crippen molar-refractivity contribution in [2.45, 2.75) is 50.3 Å². The highest BCUT2D eigenvalue weighted by Gasteiger charge is 2.54. The summed E-state index contributed by atoms with van der Waals surface area (Å²) >= 11 is 6.65. The second-order valence-electron chi connectivity index (χ2n) is 9.74. The van der Waals surface area contributed by atoms with E-state index >= 15 is 0 Å². The molecule has 0 aromatic carbocycles. The van der Waals surface area contributed by atoms with Crippen molar-refractivity contribution in [3.8, 4) is 6.07 Å². The summed E-state index contributed by atoms with van der Waals surface area (Å²) < 4.78 is 13.1. The lowest BCUT2D eigenvalue weighted by Gasteiger charge is -2.43. The summed E-state index contributed by atoms with van der Waals surface area (Å²) in [6, 6.07) is 1.72. The quantitative estimate of drug-likeness (QED) is 0.657. The first-order valence-corrected chi connectivity index (χ1v) is 13.8. The van der Waals surface area contributed by atoms with Gasteiger partial charge in [-0.3, -0.25) is 4.21 Å². The number of nitrogens with zero attached hydrogens (tertiary/aromatic N) is 5. The summed E-state index contributed by atoms with van der Waals surface area (Å²) in [5.41, 5.74) is 5.08. The van der Waals surface area contributed by atoms with Crippen LogP contribution < -0.4 is 4.90 Å². The van der Waals surface area contributed by atoms with Gasteiger partial charge in [-0.1, -0.05) is 23.8 Å². The second kappa shape index (κ2) is 9.07. The molecule has 1 saturated heterocycles. The van der Waals surface area contributed by atoms with Crippen molar-refractivity contribution in [1.29, 1.82) is 5.26 Å². The van der Waals surface area contributed by atoms with Crippen LogP contribution in [-0.4, -0.2) is 67.5 Å². The Morgan fingerprint density at radius 2 is 2.17 bits per heavy atom. The number of anilines is 1. The molecule has 184 valence electrons. The topological polar surface area (TPSA) is 110 Å². The van der Waals surface area contributed by atoms with E-state index in [4.69, 9.17) is 11.6 Å². The zero-order valence-electron chi connectivity index (χ0n) is 19.8. The summed E-state index contributed by atoms with van der Waals surface area (Å²) in [7, 11) is -1.07. The lowest BCUT2D eigenvalue weighted by Crippen LogP contribution is -2.55. The molecule has 2 heterocycles. The molecule has 4 aliphatic rings. The zero-order chi connectivity index (χ0) is 24.9. The molecule has 0 radical (unpaired) electrons. The van der Waals surface area contributed by atoms with E-state index in [-0.39, 0.29) is 17.1 Å². The van der Waals surface area contributed by atoms with Crippen molar-refractivity contribution in [2.75, 3.05) is 30.8 Å². The molecule has 2 unspecified atom stereocenters. The Hall–Kier alpha value is -2.70. The molecule has 1 fully saturated rings. The van der Waals surface area contributed by atoms with Gasteiger partial charge >= 0.3 is 6.09 Å². The van der Waals surface area contributed by atoms with E-state index in [1.807, 2.05) is 6.08 Å². The third-order valence-corrected chi connectivity index (χ3v) is 9.77. The zero-order valence-corrected chi connectivity index (χ0v) is 21.4. The van der Waals surface area contributed by atoms with Crippen LogP contribution in [0.2, 0.25) is 0 Å². The molecule has 8 nitrogen and oxygen atoms in total. The number of rotatable bonds is 3. The van der Waals surface area contributed by atoms with Gasteiger partial charge in [-0.05, 0) is 42.9 Å². The van der Waals surface area contributed by atoms with Crippen molar-refractivity contribution in [2.24, 2.45) is 5.41 Å². The van der Waals surface area contributed by atoms with Gasteiger partial charge in [0.1, 0.15) is 12.1 Å². The van der Waals surface area contributed by atoms with Gasteiger partial charge in [-0.25, -0.2) is 14.8 Å². The predicted molar refractivity (Wildman–Crippen MR) is 135 cm³/mol. The fraction of sp³-hybridized carbons (Fsp3) is 0.520. The number of fused-ring (bicyclic) bond motifs is 3. The summed E-state index contributed by atoms with van der Waals surface area (Å²) in [4.78, 5) is 24.4. The maximum absolute atomic E-state index is 13.1. The minimum absolute atomic E-state index is 0.116. The van der Waals surface area contributed by atoms with Gasteiger partial charge in [0.05, 0.1) is 29.5 Å². The van der Waals surface area contributed by atoms with Crippen LogP contribution in [0.1, 0.15) is 37.4 Å². The van der Waals surface area contributed by atoms with E-state index < -0.39 is 22.9 Å². The highest BCUT2D eigenvalue weighted by Crippen LogP contribution is 2.58. The molecule has 3 aliphatic carbocycles. The lowest BCUT2D eigenvalue weighted by molar-refractivity contribution is 0.119. The molecule has 1 aromatic rings. The molecular formula is C25H28ClN5O3S. The van der Waals surface area contributed by atoms with Gasteiger partial charge in [-0.2, -0.15) is 5.26 Å². The molecule has 1 amide bonds. The van der Waals surface area contributed by atoms with Crippen LogP contribution >= 0.6 is 11.6 Å². The molecule has 1 spiro atoms. The van der Waals surface area contributed by atoms with E-state index in [1.165, 1.54) is 10.5 Å². The van der Waals surface area contributed by atoms with Crippen molar-refractivity contribution in [1.82, 2.24) is 14.9 Å². The van der Waals surface area contributed by atoms with Crippen LogP contribution in [0.4, 0.5) is 10.6 Å². The highest BCUT2D eigenvalue weighted by atomic mass is 35.5. The first-order valence-electron chi connectivity index (χ1n) is 11.8. The fourth-order valence-electron chi connectivity index (χ4n) is 6.61. The summed E-state index contributed by atoms with van der Waals surface area (Å²) in [6.07, 6.45) is 9.74. The molecular weight excluding hydrogens is 486 g/mol. The minimum Gasteiger partial charge on any atom is -0.465 e. The van der Waals surface area contributed by atoms with E-state index in [0.29, 0.717) is 26.1 Å². The van der Waals surface area contributed by atoms with E-state index in [0.717, 1.165) is 52.5 Å². The number of amides is 1. The van der Waals surface area contributed by atoms with Crippen molar-refractivity contribution < 1.29 is 14.1 Å². The third-order valence-electron chi connectivity index (χ3n) is 7.96. The molecule has 1 N–H and O–H groups in total. The Morgan fingerprint density at radius 3 is 2.89 bits per heavy atom. The fourth-order valence-corrected chi connectivity index (χ4v) is 8.53. The standard InChI is InChI=1S/C25H28ClN5O3S/c1-15-21-18(4-3-5-19(21)26)25(22(15)35(2)34)8-6-17-20(12-25)28-14-29-23(17)30-10-11-31(24(32)33)16(13-30)7-9-27/h4-5,14,16,22H,3,6-8,10-13H2,1-2H3,(H,32,33)/t16-,22?,25-,35?/m0/s1. The average molecular weight is 514 g/mol. The largest absolute Gasteiger partial charge is 0.465 e. The number of halogens is 1. The van der Waals surface area contributed by atoms with Crippen LogP contribution in [0.15, 0.2) is 40.2 Å². The molecule has 10 heteroatoms. The Labute approximate surface area is 212 Å². The number of nitriles is 1. The normalized spacial score (nSPS) is 28.7. The summed E-state index contributed by atoms with van der Waals surface area (Å²) in [5.74, 6) is 0.824. The number of carboxylic acid groups (broad SMARTS) is 1. The second-order valence-corrected chi connectivity index (χ2v) is 11.6. The predicted octanol–water partition coefficient (Wildman–Crippen LogP) is 3.56. The SMILES string of the molecule is CC1=C2C(Cl)=CCC=C2[C@@]2(CCc3c(ncnc3N3CCN(C(=O)O)[C@@H](CC#N)C3)C2)C1S(C)=O. The molecule has 4 atom stereocenters. The molecule has 0 saturated carbocycles. The summed E-state index contributed by atoms with van der Waals surface area (Å²) in [5, 5.41) is 19.4. The van der Waals surface area contributed by atoms with E-state index in [9.17, 15) is 19.4 Å². The molecule has 5 rings (SSSR count). The molecule has 1 aliphatic heterocycles. The Balaban J connectivity index is 1.49. The minimum atomic E-state index is -1.07. The van der Waals surface area contributed by atoms with Crippen LogP contribution in [0.3, 0.4) is 0 Å². The van der Waals surface area contributed by atoms with Crippen LogP contribution in [0.25, 0.3) is 0 Å². The third kappa shape index (κ3) is 3.78. The van der Waals surface area contributed by atoms with Gasteiger partial charge in [-0.15, -0.1) is 0 Å². The van der Waals surface area contributed by atoms with Gasteiger partial charge in [0, 0.05) is 59.1 Å². The number of carbonyl (C=O) groups is 1. The number of hydrogen-bond acceptors (Lipinski definition) is 6. The Bertz CT molecular complexity index is 1250. The smallest absolute Gasteiger partial charge is 0.407 e. The van der Waals surface area contributed by atoms with Crippen molar-refractivity contribution in [3.05, 3.63) is 51.5 Å². The van der Waals surface area contributed by atoms with E-state index in [1.54, 1.807) is 12.6 Å². The first-order chi connectivity index (χ1) is 16.8. The Morgan fingerprint density at radius 1 is 1.37 bits per heavy atom. The lowest BCUT2D eigenvalue weighted by atomic mass is 9.67. The maximum Gasteiger partial charge on any atom is 0.407 e. The van der Waals surface area contributed by atoms with Crippen LogP contribution in [-0.2, 0) is 23.6 Å². The van der Waals surface area contributed by atoms with Crippen molar-refractivity contribution >= 4 is 34.3 Å². The number of allylic oxidation sites excluding steroid dienone is 5.